The van der Waals surface area contributed by atoms with Crippen molar-refractivity contribution in [1.29, 1.82) is 0 Å². The van der Waals surface area contributed by atoms with Gasteiger partial charge in [0.25, 0.3) is 0 Å². The quantitative estimate of drug-likeness (QED) is 0.253. The van der Waals surface area contributed by atoms with E-state index in [0.717, 1.165) is 19.5 Å². The third-order valence-corrected chi connectivity index (χ3v) is 6.21. The number of fused-ring (bicyclic) bond motifs is 1. The minimum atomic E-state index is -0.677. The number of H-pyrrole nitrogens is 1. The van der Waals surface area contributed by atoms with Gasteiger partial charge in [-0.15, -0.1) is 0 Å². The molecule has 0 amide bonds. The van der Waals surface area contributed by atoms with Crippen molar-refractivity contribution in [3.63, 3.8) is 0 Å². The molecule has 0 bridgehead atoms. The second kappa shape index (κ2) is 10.7. The van der Waals surface area contributed by atoms with E-state index in [1.54, 1.807) is 24.3 Å². The number of hydrogen-bond donors (Lipinski definition) is 2. The maximum absolute atomic E-state index is 15.0. The number of aromatic nitrogens is 3. The van der Waals surface area contributed by atoms with Gasteiger partial charge in [0.1, 0.15) is 35.1 Å². The van der Waals surface area contributed by atoms with Gasteiger partial charge in [0.2, 0.25) is 0 Å². The lowest BCUT2D eigenvalue weighted by atomic mass is 10.0. The fourth-order valence-electron chi connectivity index (χ4n) is 4.44. The van der Waals surface area contributed by atoms with Crippen LogP contribution in [0.5, 0.6) is 11.5 Å². The zero-order valence-electron chi connectivity index (χ0n) is 20.3. The topological polar surface area (TPSA) is 100 Å². The Labute approximate surface area is 213 Å². The molecule has 1 aliphatic heterocycles. The number of ketones is 2. The average molecular weight is 500 g/mol. The Bertz CT molecular complexity index is 1470. The molecule has 188 valence electrons. The van der Waals surface area contributed by atoms with Gasteiger partial charge >= 0.3 is 0 Å². The highest BCUT2D eigenvalue weighted by Crippen LogP contribution is 2.29. The molecule has 9 heteroatoms. The lowest BCUT2D eigenvalue weighted by molar-refractivity contribution is -0.112. The number of rotatable bonds is 9. The molecule has 1 saturated heterocycles. The van der Waals surface area contributed by atoms with E-state index >= 15 is 4.39 Å². The molecule has 1 aliphatic rings. The predicted octanol–water partition coefficient (Wildman–Crippen LogP) is 4.75. The van der Waals surface area contributed by atoms with Gasteiger partial charge in [0, 0.05) is 37.9 Å². The minimum absolute atomic E-state index is 0.0247. The van der Waals surface area contributed by atoms with Crippen LogP contribution >= 0.6 is 0 Å². The summed E-state index contributed by atoms with van der Waals surface area (Å²) in [5.74, 6) is 0.265. The summed E-state index contributed by atoms with van der Waals surface area (Å²) in [4.78, 5) is 38.4. The van der Waals surface area contributed by atoms with Crippen LogP contribution in [0.25, 0.3) is 11.0 Å². The van der Waals surface area contributed by atoms with Crippen molar-refractivity contribution < 1.29 is 18.7 Å². The molecule has 1 unspecified atom stereocenters. The van der Waals surface area contributed by atoms with Gasteiger partial charge in [0.05, 0.1) is 16.5 Å². The van der Waals surface area contributed by atoms with Crippen LogP contribution in [0.1, 0.15) is 29.3 Å². The Hall–Kier alpha value is -4.37. The van der Waals surface area contributed by atoms with Gasteiger partial charge in [-0.25, -0.2) is 14.4 Å². The van der Waals surface area contributed by atoms with Gasteiger partial charge in [-0.3, -0.25) is 14.5 Å². The summed E-state index contributed by atoms with van der Waals surface area (Å²) in [7, 11) is 0. The minimum Gasteiger partial charge on any atom is -0.457 e. The highest BCUT2D eigenvalue weighted by Gasteiger charge is 2.25. The summed E-state index contributed by atoms with van der Waals surface area (Å²) in [5.41, 5.74) is 0.706. The number of hydrogen-bond acceptors (Lipinski definition) is 7. The zero-order chi connectivity index (χ0) is 25.8. The fraction of sp³-hybridized carbons (Fsp3) is 0.214. The van der Waals surface area contributed by atoms with Gasteiger partial charge in [-0.1, -0.05) is 24.3 Å². The molecule has 0 aliphatic carbocycles. The first-order valence-corrected chi connectivity index (χ1v) is 12.0. The van der Waals surface area contributed by atoms with Crippen molar-refractivity contribution in [1.82, 2.24) is 19.9 Å². The van der Waals surface area contributed by atoms with E-state index in [-0.39, 0.29) is 23.0 Å². The monoisotopic (exact) mass is 499 g/mol. The van der Waals surface area contributed by atoms with E-state index in [0.29, 0.717) is 34.9 Å². The van der Waals surface area contributed by atoms with E-state index in [1.807, 2.05) is 24.3 Å². The Morgan fingerprint density at radius 1 is 1.16 bits per heavy atom. The molecule has 1 atom stereocenters. The Morgan fingerprint density at radius 3 is 2.78 bits per heavy atom. The molecule has 2 aromatic heterocycles. The summed E-state index contributed by atoms with van der Waals surface area (Å²) < 4.78 is 20.7. The maximum atomic E-state index is 15.0. The van der Waals surface area contributed by atoms with Gasteiger partial charge < -0.3 is 15.0 Å². The van der Waals surface area contributed by atoms with E-state index < -0.39 is 11.6 Å². The van der Waals surface area contributed by atoms with Crippen molar-refractivity contribution in [2.75, 3.05) is 25.0 Å². The van der Waals surface area contributed by atoms with Crippen molar-refractivity contribution >= 4 is 28.4 Å². The molecular weight excluding hydrogens is 473 g/mol. The number of benzene rings is 2. The predicted molar refractivity (Wildman–Crippen MR) is 139 cm³/mol. The van der Waals surface area contributed by atoms with E-state index in [1.165, 1.54) is 31.6 Å². The smallest absolute Gasteiger partial charge is 0.198 e. The first-order valence-electron chi connectivity index (χ1n) is 12.0. The number of carbonyl (C=O) groups is 2. The largest absolute Gasteiger partial charge is 0.457 e. The lowest BCUT2D eigenvalue weighted by Gasteiger charge is -2.16. The number of carbonyl (C=O) groups excluding carboxylic acids is 2. The van der Waals surface area contributed by atoms with E-state index in [9.17, 15) is 9.59 Å². The number of halogens is 1. The van der Waals surface area contributed by atoms with Gasteiger partial charge in [0.15, 0.2) is 11.6 Å². The molecule has 0 saturated carbocycles. The highest BCUT2D eigenvalue weighted by molar-refractivity contribution is 6.18. The van der Waals surface area contributed by atoms with Crippen LogP contribution in [0.2, 0.25) is 0 Å². The van der Waals surface area contributed by atoms with Crippen molar-refractivity contribution in [3.8, 4) is 11.5 Å². The molecule has 8 nitrogen and oxygen atoms in total. The molecule has 1 fully saturated rings. The Balaban J connectivity index is 1.35. The highest BCUT2D eigenvalue weighted by atomic mass is 19.1. The van der Waals surface area contributed by atoms with Crippen LogP contribution in [0.3, 0.4) is 0 Å². The van der Waals surface area contributed by atoms with Crippen molar-refractivity contribution in [2.45, 2.75) is 19.4 Å². The van der Waals surface area contributed by atoms with Crippen molar-refractivity contribution in [2.24, 2.45) is 0 Å². The second-order valence-corrected chi connectivity index (χ2v) is 8.94. The van der Waals surface area contributed by atoms with Crippen LogP contribution in [0.15, 0.2) is 73.2 Å². The van der Waals surface area contributed by atoms with Crippen LogP contribution in [-0.2, 0) is 4.79 Å². The van der Waals surface area contributed by atoms with Crippen molar-refractivity contribution in [3.05, 3.63) is 90.2 Å². The van der Waals surface area contributed by atoms with Crippen LogP contribution in [0, 0.1) is 5.82 Å². The van der Waals surface area contributed by atoms with E-state index in [2.05, 4.69) is 25.2 Å². The Morgan fingerprint density at radius 2 is 2.00 bits per heavy atom. The van der Waals surface area contributed by atoms with Gasteiger partial charge in [-0.2, -0.15) is 0 Å². The molecule has 4 aromatic rings. The second-order valence-electron chi connectivity index (χ2n) is 8.94. The number of para-hydroxylation sites is 1. The molecule has 0 spiro atoms. The molecule has 3 heterocycles. The average Bonchev–Trinajstić information content (AvgIpc) is 3.52. The summed E-state index contributed by atoms with van der Waals surface area (Å²) in [6.45, 7) is 3.85. The number of likely N-dealkylation sites (tertiary alicyclic amines) is 1. The number of ether oxygens (including phenoxy) is 1. The number of aromatic amines is 1. The maximum Gasteiger partial charge on any atom is 0.198 e. The normalized spacial score (nSPS) is 15.9. The summed E-state index contributed by atoms with van der Waals surface area (Å²) in [5, 5.41) is 3.95. The zero-order valence-corrected chi connectivity index (χ0v) is 20.3. The molecule has 37 heavy (non-hydrogen) atoms. The molecule has 2 aromatic carbocycles. The number of nitrogens with one attached hydrogen (secondary N) is 2. The Kier molecular flexibility index (Phi) is 7.04. The van der Waals surface area contributed by atoms with Gasteiger partial charge in [-0.05, 0) is 43.7 Å². The first kappa shape index (κ1) is 24.3. The molecular formula is C28H26FN5O3. The van der Waals surface area contributed by atoms with E-state index in [4.69, 9.17) is 4.74 Å². The SMILES string of the molecule is CC(=O)/C=C/CN1CCC(Nc2ncnc3[nH]cc(C(=O)c4ccc(Oc5ccccc5)cc4F)c23)C1. The fourth-order valence-corrected chi connectivity index (χ4v) is 4.44. The van der Waals surface area contributed by atoms with Crippen LogP contribution in [0.4, 0.5) is 10.2 Å². The summed E-state index contributed by atoms with van der Waals surface area (Å²) in [6.07, 6.45) is 7.28. The summed E-state index contributed by atoms with van der Waals surface area (Å²) >= 11 is 0. The van der Waals surface area contributed by atoms with Crippen LogP contribution < -0.4 is 10.1 Å². The molecule has 0 radical (unpaired) electrons. The van der Waals surface area contributed by atoms with Crippen LogP contribution in [-0.4, -0.2) is 57.1 Å². The first-order chi connectivity index (χ1) is 18.0. The third kappa shape index (κ3) is 5.57. The molecule has 2 N–H and O–H groups in total. The lowest BCUT2D eigenvalue weighted by Crippen LogP contribution is -2.27. The number of nitrogens with zero attached hydrogens (tertiary/aromatic N) is 3. The number of anilines is 1. The third-order valence-electron chi connectivity index (χ3n) is 6.21. The number of allylic oxidation sites excluding steroid dienone is 1. The summed E-state index contributed by atoms with van der Waals surface area (Å²) in [6, 6.07) is 13.3. The standard InChI is InChI=1S/C28H26FN5O3/c1-18(35)6-5-12-34-13-11-19(16-34)33-28-25-23(15-30-27(25)31-17-32-28)26(36)22-10-9-21(14-24(22)29)37-20-7-3-2-4-8-20/h2-10,14-15,17,19H,11-13,16H2,1H3,(H2,30,31,32,33)/b6-5+. The molecule has 5 rings (SSSR count).